The number of benzene rings is 1. The first-order chi connectivity index (χ1) is 18.2. The third-order valence-corrected chi connectivity index (χ3v) is 6.67. The lowest BCUT2D eigenvalue weighted by molar-refractivity contribution is -0.126. The van der Waals surface area contributed by atoms with Crippen molar-refractivity contribution < 1.29 is 18.7 Å². The van der Waals surface area contributed by atoms with E-state index in [2.05, 4.69) is 21.5 Å². The second-order valence-corrected chi connectivity index (χ2v) is 9.07. The van der Waals surface area contributed by atoms with Gasteiger partial charge in [-0.3, -0.25) is 9.78 Å². The van der Waals surface area contributed by atoms with E-state index in [9.17, 15) is 19.1 Å². The fourth-order valence-corrected chi connectivity index (χ4v) is 4.76. The molecule has 1 amide bonds. The van der Waals surface area contributed by atoms with E-state index >= 15 is 4.39 Å². The Balaban J connectivity index is 1.78. The molecule has 1 aliphatic rings. The summed E-state index contributed by atoms with van der Waals surface area (Å²) >= 11 is 0. The lowest BCUT2D eigenvalue weighted by atomic mass is 10.1. The highest BCUT2D eigenvalue weighted by atomic mass is 19.1. The minimum absolute atomic E-state index is 0.0203. The molecule has 0 radical (unpaired) electrons. The maximum absolute atomic E-state index is 15.6. The number of carbonyl (C=O) groups excluding carboxylic acids is 1. The summed E-state index contributed by atoms with van der Waals surface area (Å²) in [6.07, 6.45) is 4.27. The summed E-state index contributed by atoms with van der Waals surface area (Å²) in [4.78, 5) is 41.9. The van der Waals surface area contributed by atoms with Crippen molar-refractivity contribution in [2.24, 2.45) is 0 Å². The monoisotopic (exact) mass is 518 g/mol. The number of hydrogen-bond acceptors (Lipinski definition) is 7. The molecule has 11 heteroatoms. The van der Waals surface area contributed by atoms with E-state index in [4.69, 9.17) is 0 Å². The Morgan fingerprint density at radius 3 is 2.66 bits per heavy atom. The molecule has 0 spiro atoms. The normalized spacial score (nSPS) is 15.6. The molecule has 4 heterocycles. The van der Waals surface area contributed by atoms with Crippen LogP contribution in [0.2, 0.25) is 0 Å². The Bertz CT molecular complexity index is 1630. The zero-order valence-corrected chi connectivity index (χ0v) is 20.7. The van der Waals surface area contributed by atoms with Gasteiger partial charge in [-0.25, -0.2) is 23.1 Å². The molecule has 194 valence electrons. The summed E-state index contributed by atoms with van der Waals surface area (Å²) in [5, 5.41) is 10.5. The largest absolute Gasteiger partial charge is 0.507 e. The average Bonchev–Trinajstić information content (AvgIpc) is 2.89. The molecule has 0 saturated carbocycles. The number of phenolic OH excluding ortho intramolecular Hbond substituents is 1. The maximum Gasteiger partial charge on any atom is 0.355 e. The molecule has 5 rings (SSSR count). The number of amides is 1. The highest BCUT2D eigenvalue weighted by Crippen LogP contribution is 2.36. The zero-order chi connectivity index (χ0) is 27.1. The lowest BCUT2D eigenvalue weighted by Gasteiger charge is -2.40. The molecule has 0 aliphatic carbocycles. The van der Waals surface area contributed by atoms with Gasteiger partial charge in [0.2, 0.25) is 5.91 Å². The number of hydrogen-bond donors (Lipinski definition) is 1. The van der Waals surface area contributed by atoms with Crippen molar-refractivity contribution in [3.05, 3.63) is 83.1 Å². The van der Waals surface area contributed by atoms with Crippen LogP contribution >= 0.6 is 0 Å². The number of anilines is 1. The van der Waals surface area contributed by atoms with Crippen LogP contribution in [0.15, 0.2) is 60.2 Å². The predicted molar refractivity (Wildman–Crippen MR) is 138 cm³/mol. The minimum atomic E-state index is -0.901. The number of aryl methyl sites for hydroxylation is 1. The number of phenols is 1. The van der Waals surface area contributed by atoms with Crippen LogP contribution in [0, 0.1) is 18.6 Å². The number of pyridine rings is 2. The Kier molecular flexibility index (Phi) is 6.35. The van der Waals surface area contributed by atoms with E-state index in [1.54, 1.807) is 24.1 Å². The minimum Gasteiger partial charge on any atom is -0.507 e. The maximum atomic E-state index is 15.6. The molecule has 1 saturated heterocycles. The van der Waals surface area contributed by atoms with Gasteiger partial charge >= 0.3 is 5.69 Å². The van der Waals surface area contributed by atoms with E-state index in [1.165, 1.54) is 29.0 Å². The van der Waals surface area contributed by atoms with E-state index in [0.29, 0.717) is 30.9 Å². The Hall–Kier alpha value is -4.67. The van der Waals surface area contributed by atoms with Gasteiger partial charge in [0.1, 0.15) is 23.1 Å². The molecule has 1 fully saturated rings. The van der Waals surface area contributed by atoms with Gasteiger partial charge in [0.05, 0.1) is 22.8 Å². The molecular weight excluding hydrogens is 494 g/mol. The fourth-order valence-electron chi connectivity index (χ4n) is 4.76. The second kappa shape index (κ2) is 9.66. The number of aromatic nitrogens is 4. The van der Waals surface area contributed by atoms with Crippen molar-refractivity contribution in [1.29, 1.82) is 0 Å². The van der Waals surface area contributed by atoms with Crippen molar-refractivity contribution in [1.82, 2.24) is 24.4 Å². The predicted octanol–water partition coefficient (Wildman–Crippen LogP) is 3.36. The van der Waals surface area contributed by atoms with Gasteiger partial charge in [-0.1, -0.05) is 12.6 Å². The van der Waals surface area contributed by atoms with Crippen molar-refractivity contribution in [3.63, 3.8) is 0 Å². The van der Waals surface area contributed by atoms with E-state index < -0.39 is 34.3 Å². The van der Waals surface area contributed by atoms with Crippen LogP contribution < -0.4 is 10.6 Å². The quantitative estimate of drug-likeness (QED) is 0.413. The highest BCUT2D eigenvalue weighted by molar-refractivity contribution is 5.91. The van der Waals surface area contributed by atoms with Crippen LogP contribution in [0.3, 0.4) is 0 Å². The summed E-state index contributed by atoms with van der Waals surface area (Å²) in [7, 11) is 0. The highest BCUT2D eigenvalue weighted by Gasteiger charge is 2.30. The molecular formula is C27H24F2N6O3. The Morgan fingerprint density at radius 2 is 1.97 bits per heavy atom. The van der Waals surface area contributed by atoms with Crippen LogP contribution in [-0.4, -0.2) is 61.1 Å². The number of aromatic hydroxyl groups is 1. The van der Waals surface area contributed by atoms with Gasteiger partial charge in [-0.15, -0.1) is 0 Å². The van der Waals surface area contributed by atoms with Crippen molar-refractivity contribution in [2.75, 3.05) is 24.5 Å². The summed E-state index contributed by atoms with van der Waals surface area (Å²) in [6.45, 7) is 8.19. The fraction of sp³-hybridized carbons (Fsp3) is 0.222. The number of carbonyl (C=O) groups is 1. The standard InChI is InChI=1S/C27H24F2N6O3/c1-4-22(37)33-10-11-34(16(3)14-33)25-17-12-19(29)24(23-18(28)6-5-7-21(23)36)31-26(17)35(27(38)32-25)20-13-30-9-8-15(20)2/h4-9,12-13,16,36H,1,10-11,14H2,2-3H3. The second-order valence-electron chi connectivity index (χ2n) is 9.07. The molecule has 9 nitrogen and oxygen atoms in total. The Morgan fingerprint density at radius 1 is 1.18 bits per heavy atom. The zero-order valence-electron chi connectivity index (χ0n) is 20.7. The van der Waals surface area contributed by atoms with Gasteiger partial charge in [0.25, 0.3) is 0 Å². The SMILES string of the molecule is C=CC(=O)N1CCN(c2nc(=O)n(-c3cnccc3C)c3nc(-c4c(O)cccc4F)c(F)cc23)C(C)C1. The number of piperazine rings is 1. The van der Waals surface area contributed by atoms with Crippen LogP contribution in [0.1, 0.15) is 12.5 Å². The number of halogens is 2. The van der Waals surface area contributed by atoms with Crippen LogP contribution in [0.5, 0.6) is 5.75 Å². The van der Waals surface area contributed by atoms with E-state index in [-0.39, 0.29) is 28.8 Å². The lowest BCUT2D eigenvalue weighted by Crippen LogP contribution is -2.54. The Labute approximate surface area is 216 Å². The molecule has 1 unspecified atom stereocenters. The van der Waals surface area contributed by atoms with Gasteiger partial charge in [-0.05, 0) is 49.8 Å². The average molecular weight is 519 g/mol. The van der Waals surface area contributed by atoms with Crippen LogP contribution in [-0.2, 0) is 4.79 Å². The molecule has 1 atom stereocenters. The van der Waals surface area contributed by atoms with Crippen LogP contribution in [0.4, 0.5) is 14.6 Å². The first-order valence-electron chi connectivity index (χ1n) is 11.9. The van der Waals surface area contributed by atoms with Gasteiger partial charge < -0.3 is 14.9 Å². The number of nitrogens with zero attached hydrogens (tertiary/aromatic N) is 6. The number of rotatable bonds is 4. The van der Waals surface area contributed by atoms with Crippen molar-refractivity contribution in [2.45, 2.75) is 19.9 Å². The van der Waals surface area contributed by atoms with E-state index in [0.717, 1.165) is 12.1 Å². The molecule has 0 bridgehead atoms. The molecule has 4 aromatic rings. The summed E-state index contributed by atoms with van der Waals surface area (Å²) in [5.74, 6) is -2.28. The molecule has 1 aromatic carbocycles. The summed E-state index contributed by atoms with van der Waals surface area (Å²) in [5.41, 5.74) is -0.482. The first-order valence-corrected chi connectivity index (χ1v) is 11.9. The van der Waals surface area contributed by atoms with Gasteiger partial charge in [-0.2, -0.15) is 4.98 Å². The van der Waals surface area contributed by atoms with E-state index in [1.807, 2.05) is 11.8 Å². The number of fused-ring (bicyclic) bond motifs is 1. The smallest absolute Gasteiger partial charge is 0.355 e. The molecule has 3 aromatic heterocycles. The van der Waals surface area contributed by atoms with Gasteiger partial charge in [0, 0.05) is 31.9 Å². The third-order valence-electron chi connectivity index (χ3n) is 6.67. The van der Waals surface area contributed by atoms with Crippen molar-refractivity contribution in [3.8, 4) is 22.7 Å². The molecule has 1 N–H and O–H groups in total. The molecule has 1 aliphatic heterocycles. The van der Waals surface area contributed by atoms with Crippen LogP contribution in [0.25, 0.3) is 28.0 Å². The summed E-state index contributed by atoms with van der Waals surface area (Å²) < 4.78 is 31.5. The van der Waals surface area contributed by atoms with Crippen molar-refractivity contribution >= 4 is 22.8 Å². The summed E-state index contributed by atoms with van der Waals surface area (Å²) in [6, 6.07) is 6.18. The third kappa shape index (κ3) is 4.15. The first kappa shape index (κ1) is 25.0. The topological polar surface area (TPSA) is 104 Å². The van der Waals surface area contributed by atoms with Gasteiger partial charge in [0.15, 0.2) is 11.5 Å². The molecule has 38 heavy (non-hydrogen) atoms.